The molecule has 0 saturated carbocycles. The van der Waals surface area contributed by atoms with Gasteiger partial charge in [-0.25, -0.2) is 0 Å². The van der Waals surface area contributed by atoms with Crippen molar-refractivity contribution in [2.75, 3.05) is 17.2 Å². The van der Waals surface area contributed by atoms with Crippen LogP contribution in [-0.4, -0.2) is 18.2 Å². The maximum atomic E-state index is 12.4. The fraction of sp³-hybridized carbons (Fsp3) is 0.357. The van der Waals surface area contributed by atoms with Crippen LogP contribution in [0.2, 0.25) is 0 Å². The Balaban J connectivity index is 2.43. The van der Waals surface area contributed by atoms with Crippen molar-refractivity contribution < 1.29 is 4.79 Å². The van der Waals surface area contributed by atoms with E-state index in [0.29, 0.717) is 12.3 Å². The second-order valence-electron chi connectivity index (χ2n) is 4.94. The largest absolute Gasteiger partial charge is 0.307 e. The maximum absolute atomic E-state index is 12.4. The van der Waals surface area contributed by atoms with E-state index in [-0.39, 0.29) is 5.91 Å². The number of thiol groups is 1. The predicted molar refractivity (Wildman–Crippen MR) is 74.8 cm³/mol. The minimum absolute atomic E-state index is 0.140. The standard InChI is InChI=1S/C14H17NOS/c1-10(9-17)8-15-12-7-5-4-6-11(12)14(2,3)13(15)16/h4-7,17H,1,8-9H2,2-3H3. The Hall–Kier alpha value is -1.22. The zero-order valence-electron chi connectivity index (χ0n) is 10.2. The highest BCUT2D eigenvalue weighted by molar-refractivity contribution is 7.80. The van der Waals surface area contributed by atoms with Crippen molar-refractivity contribution >= 4 is 24.2 Å². The fourth-order valence-electron chi connectivity index (χ4n) is 2.23. The zero-order chi connectivity index (χ0) is 12.6. The second kappa shape index (κ2) is 4.22. The lowest BCUT2D eigenvalue weighted by Crippen LogP contribution is -2.37. The lowest BCUT2D eigenvalue weighted by Gasteiger charge is -2.20. The number of rotatable bonds is 3. The molecule has 0 fully saturated rings. The van der Waals surface area contributed by atoms with Gasteiger partial charge in [-0.1, -0.05) is 24.8 Å². The number of para-hydroxylation sites is 1. The first-order valence-corrected chi connectivity index (χ1v) is 6.30. The number of fused-ring (bicyclic) bond motifs is 1. The molecular weight excluding hydrogens is 230 g/mol. The van der Waals surface area contributed by atoms with Crippen LogP contribution in [0.3, 0.4) is 0 Å². The molecule has 1 aliphatic rings. The number of anilines is 1. The van der Waals surface area contributed by atoms with Crippen molar-refractivity contribution in [2.24, 2.45) is 0 Å². The van der Waals surface area contributed by atoms with Gasteiger partial charge in [-0.15, -0.1) is 0 Å². The molecule has 2 rings (SSSR count). The van der Waals surface area contributed by atoms with Crippen molar-refractivity contribution in [1.82, 2.24) is 0 Å². The van der Waals surface area contributed by atoms with Gasteiger partial charge in [0.05, 0.1) is 5.41 Å². The Bertz CT molecular complexity index is 479. The van der Waals surface area contributed by atoms with Crippen molar-refractivity contribution in [2.45, 2.75) is 19.3 Å². The minimum Gasteiger partial charge on any atom is -0.307 e. The summed E-state index contributed by atoms with van der Waals surface area (Å²) in [5, 5.41) is 0. The number of nitrogens with zero attached hydrogens (tertiary/aromatic N) is 1. The van der Waals surface area contributed by atoms with E-state index in [9.17, 15) is 4.79 Å². The Morgan fingerprint density at radius 1 is 1.41 bits per heavy atom. The number of hydrogen-bond donors (Lipinski definition) is 1. The summed E-state index contributed by atoms with van der Waals surface area (Å²) < 4.78 is 0. The smallest absolute Gasteiger partial charge is 0.237 e. The Morgan fingerprint density at radius 2 is 2.06 bits per heavy atom. The van der Waals surface area contributed by atoms with Crippen LogP contribution < -0.4 is 4.90 Å². The zero-order valence-corrected chi connectivity index (χ0v) is 11.1. The van der Waals surface area contributed by atoms with Gasteiger partial charge in [0, 0.05) is 18.0 Å². The molecule has 0 spiro atoms. The van der Waals surface area contributed by atoms with Gasteiger partial charge in [0.2, 0.25) is 5.91 Å². The first-order valence-electron chi connectivity index (χ1n) is 5.67. The summed E-state index contributed by atoms with van der Waals surface area (Å²) in [6.07, 6.45) is 0. The summed E-state index contributed by atoms with van der Waals surface area (Å²) in [6.45, 7) is 8.42. The molecule has 0 aliphatic carbocycles. The number of benzene rings is 1. The Labute approximate surface area is 108 Å². The molecule has 0 bridgehead atoms. The molecule has 2 nitrogen and oxygen atoms in total. The van der Waals surface area contributed by atoms with E-state index in [1.165, 1.54) is 0 Å². The van der Waals surface area contributed by atoms with Crippen molar-refractivity contribution in [3.05, 3.63) is 42.0 Å². The molecule has 90 valence electrons. The SMILES string of the molecule is C=C(CS)CN1C(=O)C(C)(C)c2ccccc21. The summed E-state index contributed by atoms with van der Waals surface area (Å²) in [7, 11) is 0. The highest BCUT2D eigenvalue weighted by Gasteiger charge is 2.43. The van der Waals surface area contributed by atoms with Crippen LogP contribution in [0.15, 0.2) is 36.4 Å². The highest BCUT2D eigenvalue weighted by atomic mass is 32.1. The topological polar surface area (TPSA) is 20.3 Å². The molecule has 1 amide bonds. The quantitative estimate of drug-likeness (QED) is 0.643. The van der Waals surface area contributed by atoms with E-state index in [1.807, 2.05) is 43.0 Å². The van der Waals surface area contributed by atoms with Gasteiger partial charge in [0.25, 0.3) is 0 Å². The molecule has 0 aromatic heterocycles. The lowest BCUT2D eigenvalue weighted by molar-refractivity contribution is -0.122. The molecule has 0 N–H and O–H groups in total. The Morgan fingerprint density at radius 3 is 2.71 bits per heavy atom. The molecule has 0 atom stereocenters. The van der Waals surface area contributed by atoms with Crippen molar-refractivity contribution in [3.63, 3.8) is 0 Å². The molecular formula is C14H17NOS. The van der Waals surface area contributed by atoms with Crippen LogP contribution in [0.25, 0.3) is 0 Å². The van der Waals surface area contributed by atoms with Gasteiger partial charge in [0.15, 0.2) is 0 Å². The molecule has 0 radical (unpaired) electrons. The van der Waals surface area contributed by atoms with Gasteiger partial charge in [-0.3, -0.25) is 4.79 Å². The second-order valence-corrected chi connectivity index (χ2v) is 5.26. The van der Waals surface area contributed by atoms with Gasteiger partial charge >= 0.3 is 0 Å². The normalized spacial score (nSPS) is 17.1. The predicted octanol–water partition coefficient (Wildman–Crippen LogP) is 2.80. The first-order chi connectivity index (χ1) is 7.98. The summed E-state index contributed by atoms with van der Waals surface area (Å²) in [4.78, 5) is 14.2. The van der Waals surface area contributed by atoms with Crippen LogP contribution in [0, 0.1) is 0 Å². The van der Waals surface area contributed by atoms with Crippen molar-refractivity contribution in [3.8, 4) is 0 Å². The van der Waals surface area contributed by atoms with Crippen LogP contribution >= 0.6 is 12.6 Å². The average molecular weight is 247 g/mol. The monoisotopic (exact) mass is 247 g/mol. The van der Waals surface area contributed by atoms with Crippen LogP contribution in [0.5, 0.6) is 0 Å². The van der Waals surface area contributed by atoms with Crippen LogP contribution in [0.1, 0.15) is 19.4 Å². The maximum Gasteiger partial charge on any atom is 0.237 e. The molecule has 0 unspecified atom stereocenters. The lowest BCUT2D eigenvalue weighted by atomic mass is 9.86. The molecule has 1 aliphatic heterocycles. The van der Waals surface area contributed by atoms with Crippen LogP contribution in [0.4, 0.5) is 5.69 Å². The third-order valence-electron chi connectivity index (χ3n) is 3.25. The summed E-state index contributed by atoms with van der Waals surface area (Å²) in [5.74, 6) is 0.744. The number of carbonyl (C=O) groups excluding carboxylic acids is 1. The van der Waals surface area contributed by atoms with Crippen molar-refractivity contribution in [1.29, 1.82) is 0 Å². The van der Waals surface area contributed by atoms with Gasteiger partial charge in [-0.2, -0.15) is 12.6 Å². The minimum atomic E-state index is -0.437. The van der Waals surface area contributed by atoms with E-state index < -0.39 is 5.41 Å². The van der Waals surface area contributed by atoms with Gasteiger partial charge < -0.3 is 4.90 Å². The first kappa shape index (κ1) is 12.2. The number of amides is 1. The highest BCUT2D eigenvalue weighted by Crippen LogP contribution is 2.41. The number of hydrogen-bond acceptors (Lipinski definition) is 2. The molecule has 1 aromatic rings. The van der Waals surface area contributed by atoms with Crippen LogP contribution in [-0.2, 0) is 10.2 Å². The summed E-state index contributed by atoms with van der Waals surface area (Å²) in [5.41, 5.74) is 2.62. The molecule has 17 heavy (non-hydrogen) atoms. The van der Waals surface area contributed by atoms with E-state index in [0.717, 1.165) is 16.8 Å². The van der Waals surface area contributed by atoms with E-state index in [1.54, 1.807) is 0 Å². The molecule has 3 heteroatoms. The van der Waals surface area contributed by atoms with E-state index in [4.69, 9.17) is 0 Å². The van der Waals surface area contributed by atoms with E-state index in [2.05, 4.69) is 19.2 Å². The Kier molecular flexibility index (Phi) is 3.04. The summed E-state index contributed by atoms with van der Waals surface area (Å²) >= 11 is 4.19. The average Bonchev–Trinajstić information content (AvgIpc) is 2.51. The third-order valence-corrected chi connectivity index (χ3v) is 3.70. The fourth-order valence-corrected chi connectivity index (χ4v) is 2.33. The summed E-state index contributed by atoms with van der Waals surface area (Å²) in [6, 6.07) is 7.96. The molecule has 0 saturated heterocycles. The van der Waals surface area contributed by atoms with Gasteiger partial charge in [0.1, 0.15) is 0 Å². The molecule has 1 heterocycles. The number of carbonyl (C=O) groups is 1. The van der Waals surface area contributed by atoms with Gasteiger partial charge in [-0.05, 0) is 31.1 Å². The molecule has 1 aromatic carbocycles. The van der Waals surface area contributed by atoms with E-state index >= 15 is 0 Å². The third kappa shape index (κ3) is 1.89.